The Morgan fingerprint density at radius 2 is 1.77 bits per heavy atom. The van der Waals surface area contributed by atoms with Gasteiger partial charge in [0.2, 0.25) is 0 Å². The lowest BCUT2D eigenvalue weighted by Gasteiger charge is -2.40. The van der Waals surface area contributed by atoms with Crippen molar-refractivity contribution in [2.45, 2.75) is 45.6 Å². The average Bonchev–Trinajstić information content (AvgIpc) is 2.04. The van der Waals surface area contributed by atoms with E-state index in [0.29, 0.717) is 12.1 Å². The maximum atomic E-state index is 8.83. The average molecular weight is 185 g/mol. The Labute approximate surface area is 81.9 Å². The predicted molar refractivity (Wildman–Crippen MR) is 55.8 cm³/mol. The molecule has 0 spiro atoms. The van der Waals surface area contributed by atoms with Gasteiger partial charge in [-0.25, -0.2) is 0 Å². The van der Waals surface area contributed by atoms with Gasteiger partial charge in [0.25, 0.3) is 0 Å². The minimum atomic E-state index is 0.324. The fourth-order valence-electron chi connectivity index (χ4n) is 2.08. The molecule has 0 aromatic heterocycles. The van der Waals surface area contributed by atoms with Crippen molar-refractivity contribution >= 4 is 0 Å². The summed E-state index contributed by atoms with van der Waals surface area (Å²) in [5, 5.41) is 8.83. The largest absolute Gasteiger partial charge is 0.396 e. The van der Waals surface area contributed by atoms with Gasteiger partial charge in [-0.05, 0) is 59.0 Å². The zero-order chi connectivity index (χ0) is 9.90. The van der Waals surface area contributed by atoms with Crippen LogP contribution in [-0.4, -0.2) is 35.2 Å². The van der Waals surface area contributed by atoms with E-state index < -0.39 is 0 Å². The minimum absolute atomic E-state index is 0.324. The number of hydrogen-bond acceptors (Lipinski definition) is 2. The summed E-state index contributed by atoms with van der Waals surface area (Å²) in [6, 6.07) is 0. The van der Waals surface area contributed by atoms with E-state index >= 15 is 0 Å². The van der Waals surface area contributed by atoms with Crippen LogP contribution in [0.5, 0.6) is 0 Å². The molecule has 0 saturated carbocycles. The van der Waals surface area contributed by atoms with Crippen LogP contribution in [-0.2, 0) is 0 Å². The number of rotatable bonds is 2. The van der Waals surface area contributed by atoms with Crippen LogP contribution in [0.3, 0.4) is 0 Å². The van der Waals surface area contributed by atoms with Crippen LogP contribution in [0.25, 0.3) is 0 Å². The van der Waals surface area contributed by atoms with Crippen LogP contribution < -0.4 is 0 Å². The zero-order valence-corrected chi connectivity index (χ0v) is 9.21. The molecule has 0 aromatic carbocycles. The first-order chi connectivity index (χ1) is 6.04. The van der Waals surface area contributed by atoms with Gasteiger partial charge in [-0.2, -0.15) is 0 Å². The van der Waals surface area contributed by atoms with Gasteiger partial charge in [0.15, 0.2) is 0 Å². The van der Waals surface area contributed by atoms with Gasteiger partial charge in [-0.15, -0.1) is 0 Å². The third-order valence-electron chi connectivity index (χ3n) is 3.10. The smallest absolute Gasteiger partial charge is 0.0433 e. The molecule has 1 aliphatic heterocycles. The van der Waals surface area contributed by atoms with Gasteiger partial charge in [-0.1, -0.05) is 0 Å². The van der Waals surface area contributed by atoms with Crippen molar-refractivity contribution in [2.24, 2.45) is 5.92 Å². The maximum absolute atomic E-state index is 8.83. The second-order valence-electron chi connectivity index (χ2n) is 5.11. The van der Waals surface area contributed by atoms with Crippen molar-refractivity contribution < 1.29 is 5.11 Å². The Bertz CT molecular complexity index is 143. The molecule has 1 fully saturated rings. The van der Waals surface area contributed by atoms with E-state index in [2.05, 4.69) is 25.7 Å². The van der Waals surface area contributed by atoms with E-state index in [1.54, 1.807) is 0 Å². The number of piperidine rings is 1. The van der Waals surface area contributed by atoms with Crippen molar-refractivity contribution in [3.8, 4) is 0 Å². The maximum Gasteiger partial charge on any atom is 0.0433 e. The molecule has 0 bridgehead atoms. The molecule has 2 heteroatoms. The Morgan fingerprint density at radius 3 is 2.15 bits per heavy atom. The summed E-state index contributed by atoms with van der Waals surface area (Å²) in [5.74, 6) is 0.767. The lowest BCUT2D eigenvalue weighted by molar-refractivity contribution is 0.0798. The molecule has 0 unspecified atom stereocenters. The third-order valence-corrected chi connectivity index (χ3v) is 3.10. The summed E-state index contributed by atoms with van der Waals surface area (Å²) in [4.78, 5) is 2.54. The third kappa shape index (κ3) is 3.28. The molecule has 0 amide bonds. The first kappa shape index (κ1) is 11.0. The van der Waals surface area contributed by atoms with Gasteiger partial charge in [-0.3, -0.25) is 4.90 Å². The van der Waals surface area contributed by atoms with Crippen LogP contribution in [0.15, 0.2) is 0 Å². The molecule has 13 heavy (non-hydrogen) atoms. The lowest BCUT2D eigenvalue weighted by Crippen LogP contribution is -2.46. The summed E-state index contributed by atoms with van der Waals surface area (Å²) < 4.78 is 0. The monoisotopic (exact) mass is 185 g/mol. The molecule has 1 heterocycles. The Morgan fingerprint density at radius 1 is 1.23 bits per heavy atom. The highest BCUT2D eigenvalue weighted by Gasteiger charge is 2.26. The normalized spacial score (nSPS) is 22.2. The SMILES string of the molecule is CC(C)(C)N1CCC(CCO)CC1. The second kappa shape index (κ2) is 4.43. The number of likely N-dealkylation sites (tertiary alicyclic amines) is 1. The molecule has 78 valence electrons. The summed E-state index contributed by atoms with van der Waals surface area (Å²) >= 11 is 0. The van der Waals surface area contributed by atoms with E-state index in [4.69, 9.17) is 5.11 Å². The minimum Gasteiger partial charge on any atom is -0.396 e. The fourth-order valence-corrected chi connectivity index (χ4v) is 2.08. The van der Waals surface area contributed by atoms with E-state index in [0.717, 1.165) is 12.3 Å². The first-order valence-electron chi connectivity index (χ1n) is 5.40. The quantitative estimate of drug-likeness (QED) is 0.710. The molecule has 1 saturated heterocycles. The molecule has 2 nitrogen and oxygen atoms in total. The number of aliphatic hydroxyl groups is 1. The molecule has 1 N–H and O–H groups in total. The molecular formula is C11H23NO. The topological polar surface area (TPSA) is 23.5 Å². The van der Waals surface area contributed by atoms with Crippen LogP contribution in [0.4, 0.5) is 0 Å². The molecule has 0 atom stereocenters. The van der Waals surface area contributed by atoms with Gasteiger partial charge in [0.1, 0.15) is 0 Å². The zero-order valence-electron chi connectivity index (χ0n) is 9.21. The Balaban J connectivity index is 2.30. The van der Waals surface area contributed by atoms with E-state index in [1.807, 2.05) is 0 Å². The Kier molecular flexibility index (Phi) is 3.74. The van der Waals surface area contributed by atoms with Crippen molar-refractivity contribution in [1.29, 1.82) is 0 Å². The molecule has 1 aliphatic rings. The second-order valence-corrected chi connectivity index (χ2v) is 5.11. The highest BCUT2D eigenvalue weighted by atomic mass is 16.3. The van der Waals surface area contributed by atoms with Crippen LogP contribution in [0, 0.1) is 5.92 Å². The number of nitrogens with zero attached hydrogens (tertiary/aromatic N) is 1. The molecular weight excluding hydrogens is 162 g/mol. The fraction of sp³-hybridized carbons (Fsp3) is 1.00. The van der Waals surface area contributed by atoms with E-state index in [1.165, 1.54) is 25.9 Å². The highest BCUT2D eigenvalue weighted by molar-refractivity contribution is 4.81. The number of hydrogen-bond donors (Lipinski definition) is 1. The lowest BCUT2D eigenvalue weighted by atomic mass is 9.91. The van der Waals surface area contributed by atoms with Crippen LogP contribution >= 0.6 is 0 Å². The van der Waals surface area contributed by atoms with Crippen molar-refractivity contribution in [2.75, 3.05) is 19.7 Å². The van der Waals surface area contributed by atoms with Gasteiger partial charge >= 0.3 is 0 Å². The van der Waals surface area contributed by atoms with Crippen molar-refractivity contribution in [3.05, 3.63) is 0 Å². The summed E-state index contributed by atoms with van der Waals surface area (Å²) in [7, 11) is 0. The highest BCUT2D eigenvalue weighted by Crippen LogP contribution is 2.25. The summed E-state index contributed by atoms with van der Waals surface area (Å²) in [6.07, 6.45) is 3.52. The first-order valence-corrected chi connectivity index (χ1v) is 5.40. The van der Waals surface area contributed by atoms with Gasteiger partial charge < -0.3 is 5.11 Å². The van der Waals surface area contributed by atoms with Crippen LogP contribution in [0.1, 0.15) is 40.0 Å². The standard InChI is InChI=1S/C11H23NO/c1-11(2,3)12-7-4-10(5-8-12)6-9-13/h10,13H,4-9H2,1-3H3. The van der Waals surface area contributed by atoms with Crippen LogP contribution in [0.2, 0.25) is 0 Å². The van der Waals surface area contributed by atoms with E-state index in [-0.39, 0.29) is 0 Å². The number of aliphatic hydroxyl groups excluding tert-OH is 1. The van der Waals surface area contributed by atoms with Crippen molar-refractivity contribution in [1.82, 2.24) is 4.90 Å². The molecule has 0 aromatic rings. The van der Waals surface area contributed by atoms with Gasteiger partial charge in [0, 0.05) is 12.1 Å². The molecule has 1 rings (SSSR count). The Hall–Kier alpha value is -0.0800. The molecule has 0 aliphatic carbocycles. The van der Waals surface area contributed by atoms with E-state index in [9.17, 15) is 0 Å². The predicted octanol–water partition coefficient (Wildman–Crippen LogP) is 1.88. The van der Waals surface area contributed by atoms with Crippen molar-refractivity contribution in [3.63, 3.8) is 0 Å². The molecule has 0 radical (unpaired) electrons. The summed E-state index contributed by atoms with van der Waals surface area (Å²) in [6.45, 7) is 9.60. The van der Waals surface area contributed by atoms with Gasteiger partial charge in [0.05, 0.1) is 0 Å². The summed E-state index contributed by atoms with van der Waals surface area (Å²) in [5.41, 5.74) is 0.324.